The first kappa shape index (κ1) is 17.1. The van der Waals surface area contributed by atoms with E-state index >= 15 is 0 Å². The van der Waals surface area contributed by atoms with Gasteiger partial charge in [0.15, 0.2) is 11.5 Å². The normalized spacial score (nSPS) is 16.6. The van der Waals surface area contributed by atoms with Crippen LogP contribution in [0.15, 0.2) is 47.4 Å². The van der Waals surface area contributed by atoms with Crippen LogP contribution in [0.3, 0.4) is 0 Å². The Morgan fingerprint density at radius 3 is 2.62 bits per heavy atom. The molecule has 0 unspecified atom stereocenters. The van der Waals surface area contributed by atoms with Crippen LogP contribution in [0.25, 0.3) is 0 Å². The highest BCUT2D eigenvalue weighted by Crippen LogP contribution is 2.32. The van der Waals surface area contributed by atoms with E-state index in [0.29, 0.717) is 19.9 Å². The Morgan fingerprint density at radius 1 is 1.04 bits per heavy atom. The van der Waals surface area contributed by atoms with Crippen LogP contribution < -0.4 is 14.8 Å². The van der Waals surface area contributed by atoms with Gasteiger partial charge in [-0.15, -0.1) is 12.6 Å². The van der Waals surface area contributed by atoms with Crippen molar-refractivity contribution >= 4 is 24.3 Å². The number of hydrogen-bond acceptors (Lipinski definition) is 5. The third-order valence-electron chi connectivity index (χ3n) is 4.65. The SMILES string of the molecule is O=C(Nc1ccccc1S)N1CCN(Cc2ccc3c(c2)OCO3)CC1. The number of urea groups is 1. The molecule has 1 N–H and O–H groups in total. The quantitative estimate of drug-likeness (QED) is 0.815. The summed E-state index contributed by atoms with van der Waals surface area (Å²) in [4.78, 5) is 17.4. The highest BCUT2D eigenvalue weighted by atomic mass is 32.1. The Kier molecular flexibility index (Phi) is 4.90. The molecule has 2 heterocycles. The number of rotatable bonds is 3. The van der Waals surface area contributed by atoms with Crippen LogP contribution in [0.2, 0.25) is 0 Å². The number of fused-ring (bicyclic) bond motifs is 1. The summed E-state index contributed by atoms with van der Waals surface area (Å²) in [6.45, 7) is 4.21. The van der Waals surface area contributed by atoms with Gasteiger partial charge >= 0.3 is 6.03 Å². The zero-order valence-corrected chi connectivity index (χ0v) is 15.2. The van der Waals surface area contributed by atoms with Gasteiger partial charge in [0, 0.05) is 37.6 Å². The van der Waals surface area contributed by atoms with Crippen molar-refractivity contribution in [2.24, 2.45) is 0 Å². The molecule has 0 bridgehead atoms. The molecule has 6 nitrogen and oxygen atoms in total. The fraction of sp³-hybridized carbons (Fsp3) is 0.316. The minimum atomic E-state index is -0.0748. The molecule has 2 amide bonds. The van der Waals surface area contributed by atoms with Gasteiger partial charge in [0.05, 0.1) is 5.69 Å². The van der Waals surface area contributed by atoms with E-state index in [0.717, 1.165) is 41.7 Å². The third kappa shape index (κ3) is 3.73. The van der Waals surface area contributed by atoms with Gasteiger partial charge in [-0.3, -0.25) is 4.90 Å². The molecule has 0 radical (unpaired) electrons. The molecule has 2 aliphatic rings. The lowest BCUT2D eigenvalue weighted by Crippen LogP contribution is -2.49. The summed E-state index contributed by atoms with van der Waals surface area (Å²) in [5.41, 5.74) is 1.93. The number of amides is 2. The van der Waals surface area contributed by atoms with Crippen molar-refractivity contribution in [3.63, 3.8) is 0 Å². The van der Waals surface area contributed by atoms with Gasteiger partial charge in [-0.05, 0) is 29.8 Å². The Hall–Kier alpha value is -2.38. The van der Waals surface area contributed by atoms with Gasteiger partial charge in [0.2, 0.25) is 6.79 Å². The van der Waals surface area contributed by atoms with Gasteiger partial charge in [0.25, 0.3) is 0 Å². The van der Waals surface area contributed by atoms with Crippen LogP contribution >= 0.6 is 12.6 Å². The molecule has 2 aromatic rings. The molecular weight excluding hydrogens is 350 g/mol. The molecule has 4 rings (SSSR count). The fourth-order valence-electron chi connectivity index (χ4n) is 3.18. The van der Waals surface area contributed by atoms with Crippen LogP contribution in [0.4, 0.5) is 10.5 Å². The molecule has 0 atom stereocenters. The van der Waals surface area contributed by atoms with E-state index in [1.807, 2.05) is 41.3 Å². The summed E-state index contributed by atoms with van der Waals surface area (Å²) < 4.78 is 10.8. The van der Waals surface area contributed by atoms with E-state index in [4.69, 9.17) is 9.47 Å². The summed E-state index contributed by atoms with van der Waals surface area (Å²) in [6.07, 6.45) is 0. The second-order valence-electron chi connectivity index (χ2n) is 6.40. The average molecular weight is 371 g/mol. The van der Waals surface area contributed by atoms with Crippen molar-refractivity contribution in [2.75, 3.05) is 38.3 Å². The predicted molar refractivity (Wildman–Crippen MR) is 102 cm³/mol. The van der Waals surface area contributed by atoms with Gasteiger partial charge in [-0.1, -0.05) is 18.2 Å². The first-order chi connectivity index (χ1) is 12.7. The van der Waals surface area contributed by atoms with Crippen LogP contribution in [-0.2, 0) is 6.54 Å². The molecule has 7 heteroatoms. The number of para-hydroxylation sites is 1. The van der Waals surface area contributed by atoms with Crippen molar-refractivity contribution in [2.45, 2.75) is 11.4 Å². The van der Waals surface area contributed by atoms with Gasteiger partial charge in [-0.2, -0.15) is 0 Å². The lowest BCUT2D eigenvalue weighted by Gasteiger charge is -2.34. The molecule has 136 valence electrons. The molecule has 0 aliphatic carbocycles. The number of carbonyl (C=O) groups is 1. The molecule has 1 fully saturated rings. The first-order valence-electron chi connectivity index (χ1n) is 8.64. The van der Waals surface area contributed by atoms with E-state index < -0.39 is 0 Å². The van der Waals surface area contributed by atoms with E-state index in [1.54, 1.807) is 0 Å². The van der Waals surface area contributed by atoms with Crippen molar-refractivity contribution in [3.8, 4) is 11.5 Å². The molecule has 2 aliphatic heterocycles. The third-order valence-corrected chi connectivity index (χ3v) is 5.04. The van der Waals surface area contributed by atoms with Crippen LogP contribution in [0.1, 0.15) is 5.56 Å². The Bertz CT molecular complexity index is 806. The first-order valence-corrected chi connectivity index (χ1v) is 9.08. The van der Waals surface area contributed by atoms with Gasteiger partial charge in [0.1, 0.15) is 0 Å². The zero-order chi connectivity index (χ0) is 17.9. The molecular formula is C19H21N3O3S. The zero-order valence-electron chi connectivity index (χ0n) is 14.4. The Balaban J connectivity index is 1.30. The maximum Gasteiger partial charge on any atom is 0.321 e. The molecule has 26 heavy (non-hydrogen) atoms. The average Bonchev–Trinajstić information content (AvgIpc) is 3.12. The number of nitrogens with one attached hydrogen (secondary N) is 1. The van der Waals surface area contributed by atoms with Crippen molar-refractivity contribution in [3.05, 3.63) is 48.0 Å². The Labute approximate surface area is 158 Å². The lowest BCUT2D eigenvalue weighted by molar-refractivity contribution is 0.143. The minimum Gasteiger partial charge on any atom is -0.454 e. The number of carbonyl (C=O) groups excluding carboxylic acids is 1. The largest absolute Gasteiger partial charge is 0.454 e. The molecule has 1 saturated heterocycles. The van der Waals surface area contributed by atoms with Crippen LogP contribution in [0, 0.1) is 0 Å². The second-order valence-corrected chi connectivity index (χ2v) is 6.88. The highest BCUT2D eigenvalue weighted by molar-refractivity contribution is 7.80. The number of anilines is 1. The molecule has 0 saturated carbocycles. The van der Waals surface area contributed by atoms with E-state index in [1.165, 1.54) is 5.56 Å². The molecule has 0 spiro atoms. The highest BCUT2D eigenvalue weighted by Gasteiger charge is 2.22. The fourth-order valence-corrected chi connectivity index (χ4v) is 3.40. The number of hydrogen-bond donors (Lipinski definition) is 2. The molecule has 0 aromatic heterocycles. The summed E-state index contributed by atoms with van der Waals surface area (Å²) >= 11 is 4.37. The van der Waals surface area contributed by atoms with Gasteiger partial charge in [-0.25, -0.2) is 4.79 Å². The van der Waals surface area contributed by atoms with Crippen molar-refractivity contribution in [1.82, 2.24) is 9.80 Å². The van der Waals surface area contributed by atoms with E-state index in [9.17, 15) is 4.79 Å². The lowest BCUT2D eigenvalue weighted by atomic mass is 10.1. The summed E-state index contributed by atoms with van der Waals surface area (Å²) in [6, 6.07) is 13.5. The van der Waals surface area contributed by atoms with Crippen molar-refractivity contribution < 1.29 is 14.3 Å². The van der Waals surface area contributed by atoms with Crippen LogP contribution in [0.5, 0.6) is 11.5 Å². The molecule has 2 aromatic carbocycles. The topological polar surface area (TPSA) is 54.0 Å². The minimum absolute atomic E-state index is 0.0748. The maximum atomic E-state index is 12.4. The smallest absolute Gasteiger partial charge is 0.321 e. The van der Waals surface area contributed by atoms with Crippen molar-refractivity contribution in [1.29, 1.82) is 0 Å². The maximum absolute atomic E-state index is 12.4. The predicted octanol–water partition coefficient (Wildman–Crippen LogP) is 3.05. The number of ether oxygens (including phenoxy) is 2. The summed E-state index contributed by atoms with van der Waals surface area (Å²) in [5.74, 6) is 1.62. The van der Waals surface area contributed by atoms with E-state index in [2.05, 4.69) is 28.9 Å². The second kappa shape index (κ2) is 7.47. The standard InChI is InChI=1S/C19H21N3O3S/c23-19(20-15-3-1-2-4-18(15)26)22-9-7-21(8-10-22)12-14-5-6-16-17(11-14)25-13-24-16/h1-6,11,26H,7-10,12-13H2,(H,20,23). The van der Waals surface area contributed by atoms with E-state index in [-0.39, 0.29) is 6.03 Å². The number of thiol groups is 1. The number of nitrogens with zero attached hydrogens (tertiary/aromatic N) is 2. The van der Waals surface area contributed by atoms with Gasteiger partial charge < -0.3 is 19.7 Å². The Morgan fingerprint density at radius 2 is 1.81 bits per heavy atom. The van der Waals surface area contributed by atoms with Crippen LogP contribution in [-0.4, -0.2) is 48.8 Å². The summed E-state index contributed by atoms with van der Waals surface area (Å²) in [7, 11) is 0. The number of piperazine rings is 1. The number of benzene rings is 2. The monoisotopic (exact) mass is 371 g/mol. The summed E-state index contributed by atoms with van der Waals surface area (Å²) in [5, 5.41) is 2.93.